The Labute approximate surface area is 158 Å². The first-order chi connectivity index (χ1) is 12.6. The molecule has 0 aliphatic heterocycles. The van der Waals surface area contributed by atoms with E-state index in [0.29, 0.717) is 11.3 Å². The highest BCUT2D eigenvalue weighted by Crippen LogP contribution is 2.22. The number of pyridine rings is 1. The second-order valence-corrected chi connectivity index (χ2v) is 6.53. The van der Waals surface area contributed by atoms with Crippen molar-refractivity contribution in [2.24, 2.45) is 0 Å². The molecule has 0 saturated heterocycles. The maximum Gasteiger partial charge on any atom is 0.202 e. The number of hydrogen-bond donors (Lipinski definition) is 0. The number of ether oxygens (including phenoxy) is 1. The van der Waals surface area contributed by atoms with Gasteiger partial charge >= 0.3 is 0 Å². The summed E-state index contributed by atoms with van der Waals surface area (Å²) >= 11 is 5.96. The van der Waals surface area contributed by atoms with Gasteiger partial charge in [0.25, 0.3) is 0 Å². The molecule has 0 spiro atoms. The van der Waals surface area contributed by atoms with E-state index in [4.69, 9.17) is 16.3 Å². The topological polar surface area (TPSA) is 44.1 Å². The van der Waals surface area contributed by atoms with Crippen LogP contribution >= 0.6 is 11.6 Å². The van der Waals surface area contributed by atoms with Gasteiger partial charge in [-0.2, -0.15) is 0 Å². The summed E-state index contributed by atoms with van der Waals surface area (Å²) < 4.78 is 7.71. The summed E-state index contributed by atoms with van der Waals surface area (Å²) in [6, 6.07) is 15.7. The highest BCUT2D eigenvalue weighted by Gasteiger charge is 2.16. The molecule has 0 aliphatic carbocycles. The Hall–Kier alpha value is -2.59. The molecule has 0 radical (unpaired) electrons. The predicted molar refractivity (Wildman–Crippen MR) is 103 cm³/mol. The van der Waals surface area contributed by atoms with Crippen LogP contribution in [-0.4, -0.2) is 21.9 Å². The van der Waals surface area contributed by atoms with E-state index >= 15 is 0 Å². The van der Waals surface area contributed by atoms with Gasteiger partial charge in [-0.25, -0.2) is 4.98 Å². The van der Waals surface area contributed by atoms with Crippen LogP contribution in [0.25, 0.3) is 0 Å². The van der Waals surface area contributed by atoms with Crippen LogP contribution in [0.4, 0.5) is 0 Å². The molecule has 2 heterocycles. The number of Topliss-reactive ketones (excluding diaryl/α,β-unsaturated/α-hetero) is 1. The van der Waals surface area contributed by atoms with Crippen molar-refractivity contribution < 1.29 is 9.53 Å². The number of ketones is 1. The Balaban J connectivity index is 1.68. The highest BCUT2D eigenvalue weighted by atomic mass is 35.5. The Morgan fingerprint density at radius 1 is 1.15 bits per heavy atom. The summed E-state index contributed by atoms with van der Waals surface area (Å²) in [7, 11) is 0. The number of hydrogen-bond acceptors (Lipinski definition) is 3. The van der Waals surface area contributed by atoms with Crippen molar-refractivity contribution in [1.82, 2.24) is 9.55 Å². The summed E-state index contributed by atoms with van der Waals surface area (Å²) in [5, 5.41) is 0.258. The van der Waals surface area contributed by atoms with Gasteiger partial charge in [-0.3, -0.25) is 4.79 Å². The summed E-state index contributed by atoms with van der Waals surface area (Å²) in [5.74, 6) is 0.351. The van der Waals surface area contributed by atoms with Crippen LogP contribution in [0.5, 0.6) is 5.75 Å². The summed E-state index contributed by atoms with van der Waals surface area (Å²) in [5.41, 5.74) is 4.00. The quantitative estimate of drug-likeness (QED) is 0.450. The average Bonchev–Trinajstić information content (AvgIpc) is 2.94. The van der Waals surface area contributed by atoms with Crippen molar-refractivity contribution >= 4 is 17.4 Å². The molecule has 0 unspecified atom stereocenters. The van der Waals surface area contributed by atoms with Crippen molar-refractivity contribution in [3.63, 3.8) is 0 Å². The van der Waals surface area contributed by atoms with Crippen LogP contribution in [0.15, 0.2) is 54.7 Å². The summed E-state index contributed by atoms with van der Waals surface area (Å²) in [6.07, 6.45) is 2.50. The van der Waals surface area contributed by atoms with Gasteiger partial charge in [-0.05, 0) is 44.0 Å². The maximum atomic E-state index is 12.6. The van der Waals surface area contributed by atoms with E-state index in [0.717, 1.165) is 24.4 Å². The van der Waals surface area contributed by atoms with E-state index in [2.05, 4.69) is 21.7 Å². The van der Waals surface area contributed by atoms with Crippen molar-refractivity contribution in [1.29, 1.82) is 0 Å². The molecule has 0 aliphatic rings. The molecular formula is C21H21ClN2O2. The number of carbonyl (C=O) groups is 1. The largest absolute Gasteiger partial charge is 0.482 e. The first-order valence-corrected chi connectivity index (χ1v) is 8.91. The second-order valence-electron chi connectivity index (χ2n) is 6.18. The lowest BCUT2D eigenvalue weighted by molar-refractivity contribution is 0.0920. The van der Waals surface area contributed by atoms with Crippen molar-refractivity contribution in [2.45, 2.75) is 26.8 Å². The highest BCUT2D eigenvalue weighted by molar-refractivity contribution is 6.30. The Kier molecular flexibility index (Phi) is 5.74. The fraction of sp³-hybridized carbons (Fsp3) is 0.238. The molecule has 0 amide bonds. The van der Waals surface area contributed by atoms with Gasteiger partial charge in [0.1, 0.15) is 0 Å². The predicted octanol–water partition coefficient (Wildman–Crippen LogP) is 4.66. The third-order valence-electron chi connectivity index (χ3n) is 4.42. The molecule has 1 aromatic carbocycles. The number of halogens is 1. The lowest BCUT2D eigenvalue weighted by atomic mass is 10.1. The zero-order valence-electron chi connectivity index (χ0n) is 14.9. The molecule has 26 heavy (non-hydrogen) atoms. The number of rotatable bonds is 7. The minimum atomic E-state index is -0.0658. The Morgan fingerprint density at radius 2 is 1.92 bits per heavy atom. The maximum absolute atomic E-state index is 12.6. The molecule has 0 N–H and O–H groups in total. The number of nitrogens with zero attached hydrogens (tertiary/aromatic N) is 2. The molecule has 0 fully saturated rings. The molecule has 0 atom stereocenters. The third kappa shape index (κ3) is 4.14. The van der Waals surface area contributed by atoms with Gasteiger partial charge in [0.15, 0.2) is 17.5 Å². The van der Waals surface area contributed by atoms with E-state index in [9.17, 15) is 4.79 Å². The number of aryl methyl sites for hydroxylation is 2. The van der Waals surface area contributed by atoms with E-state index < -0.39 is 0 Å². The zero-order valence-corrected chi connectivity index (χ0v) is 15.7. The molecule has 5 heteroatoms. The van der Waals surface area contributed by atoms with Crippen LogP contribution in [0.3, 0.4) is 0 Å². The molecule has 0 bridgehead atoms. The van der Waals surface area contributed by atoms with Gasteiger partial charge < -0.3 is 9.30 Å². The molecular weight excluding hydrogens is 348 g/mol. The Bertz CT molecular complexity index is 904. The van der Waals surface area contributed by atoms with Gasteiger partial charge in [0.2, 0.25) is 5.78 Å². The molecule has 2 aromatic heterocycles. The number of benzene rings is 1. The minimum Gasteiger partial charge on any atom is -0.482 e. The van der Waals surface area contributed by atoms with Crippen molar-refractivity contribution in [2.75, 3.05) is 6.61 Å². The van der Waals surface area contributed by atoms with Gasteiger partial charge in [-0.1, -0.05) is 41.9 Å². The fourth-order valence-corrected chi connectivity index (χ4v) is 3.19. The van der Waals surface area contributed by atoms with Crippen LogP contribution in [0.1, 0.15) is 27.3 Å². The third-order valence-corrected chi connectivity index (χ3v) is 4.71. The minimum absolute atomic E-state index is 0.0611. The lowest BCUT2D eigenvalue weighted by Gasteiger charge is -2.10. The van der Waals surface area contributed by atoms with Gasteiger partial charge in [-0.15, -0.1) is 0 Å². The second kappa shape index (κ2) is 8.19. The Morgan fingerprint density at radius 3 is 2.65 bits per heavy atom. The van der Waals surface area contributed by atoms with Crippen LogP contribution < -0.4 is 4.74 Å². The first kappa shape index (κ1) is 18.2. The van der Waals surface area contributed by atoms with Crippen LogP contribution in [0.2, 0.25) is 5.15 Å². The van der Waals surface area contributed by atoms with Crippen molar-refractivity contribution in [3.05, 3.63) is 82.4 Å². The zero-order chi connectivity index (χ0) is 18.5. The first-order valence-electron chi connectivity index (χ1n) is 8.53. The molecule has 4 nitrogen and oxygen atoms in total. The van der Waals surface area contributed by atoms with Gasteiger partial charge in [0.05, 0.1) is 0 Å². The lowest BCUT2D eigenvalue weighted by Crippen LogP contribution is -2.13. The van der Waals surface area contributed by atoms with E-state index in [1.54, 1.807) is 18.3 Å². The molecule has 0 saturated carbocycles. The van der Waals surface area contributed by atoms with E-state index in [1.165, 1.54) is 5.56 Å². The normalized spacial score (nSPS) is 10.7. The van der Waals surface area contributed by atoms with Crippen LogP contribution in [0, 0.1) is 13.8 Å². The summed E-state index contributed by atoms with van der Waals surface area (Å²) in [6.45, 7) is 4.77. The van der Waals surface area contributed by atoms with Crippen molar-refractivity contribution in [3.8, 4) is 5.75 Å². The van der Waals surface area contributed by atoms with Gasteiger partial charge in [0, 0.05) is 29.7 Å². The standard InChI is InChI=1S/C21H21ClN2O2/c1-15-13-18(19(25)14-26-20-9-6-11-23-21(20)22)16(2)24(15)12-10-17-7-4-3-5-8-17/h3-9,11,13H,10,12,14H2,1-2H3. The van der Waals surface area contributed by atoms with E-state index in [-0.39, 0.29) is 17.5 Å². The molecule has 134 valence electrons. The average molecular weight is 369 g/mol. The molecule has 3 aromatic rings. The van der Waals surface area contributed by atoms with Crippen LogP contribution in [-0.2, 0) is 13.0 Å². The smallest absolute Gasteiger partial charge is 0.202 e. The fourth-order valence-electron chi connectivity index (χ4n) is 3.01. The SMILES string of the molecule is Cc1cc(C(=O)COc2cccnc2Cl)c(C)n1CCc1ccccc1. The summed E-state index contributed by atoms with van der Waals surface area (Å²) in [4.78, 5) is 16.5. The monoisotopic (exact) mass is 368 g/mol. The molecule has 3 rings (SSSR count). The van der Waals surface area contributed by atoms with E-state index in [1.807, 2.05) is 38.1 Å². The number of carbonyl (C=O) groups excluding carboxylic acids is 1. The number of aromatic nitrogens is 2.